The van der Waals surface area contributed by atoms with E-state index in [-0.39, 0.29) is 5.41 Å². The zero-order valence-electron chi connectivity index (χ0n) is 23.2. The third-order valence-corrected chi connectivity index (χ3v) is 7.95. The fourth-order valence-corrected chi connectivity index (χ4v) is 6.05. The van der Waals surface area contributed by atoms with Crippen LogP contribution in [0.4, 0.5) is 0 Å². The van der Waals surface area contributed by atoms with Gasteiger partial charge in [0.1, 0.15) is 0 Å². The van der Waals surface area contributed by atoms with Gasteiger partial charge in [-0.2, -0.15) is 0 Å². The SMILES string of the molecule is C=C(C)C[C@@H](C)c1ccc(C(CC(C)C)C2CCCCC2)c(Cc2ccc(C(C)(C)C)cc2)c1. The van der Waals surface area contributed by atoms with Crippen LogP contribution in [-0.4, -0.2) is 0 Å². The summed E-state index contributed by atoms with van der Waals surface area (Å²) in [7, 11) is 0. The highest BCUT2D eigenvalue weighted by Gasteiger charge is 2.28. The second-order valence-electron chi connectivity index (χ2n) is 12.8. The van der Waals surface area contributed by atoms with Crippen LogP contribution < -0.4 is 0 Å². The van der Waals surface area contributed by atoms with Crippen LogP contribution in [0, 0.1) is 11.8 Å². The van der Waals surface area contributed by atoms with Gasteiger partial charge in [-0.1, -0.05) is 109 Å². The highest BCUT2D eigenvalue weighted by atomic mass is 14.3. The Labute approximate surface area is 211 Å². The number of hydrogen-bond acceptors (Lipinski definition) is 0. The molecule has 0 radical (unpaired) electrons. The Balaban J connectivity index is 2.00. The van der Waals surface area contributed by atoms with E-state index < -0.39 is 0 Å². The number of allylic oxidation sites excluding steroid dienone is 1. The Hall–Kier alpha value is -1.82. The predicted octanol–water partition coefficient (Wildman–Crippen LogP) is 10.4. The van der Waals surface area contributed by atoms with Crippen LogP contribution >= 0.6 is 0 Å². The number of benzene rings is 2. The molecule has 1 fully saturated rings. The van der Waals surface area contributed by atoms with E-state index >= 15 is 0 Å². The standard InChI is InChI=1S/C34H50/c1-24(2)20-26(5)29-16-19-32(33(21-25(3)4)28-12-10-9-11-13-28)30(23-29)22-27-14-17-31(18-15-27)34(6,7)8/h14-19,23,25-26,28,33H,1,9-13,20-22H2,2-8H3/t26-,33?/m1/s1. The van der Waals surface area contributed by atoms with Gasteiger partial charge in [0.25, 0.3) is 0 Å². The van der Waals surface area contributed by atoms with Crippen molar-refractivity contribution in [3.05, 3.63) is 82.4 Å². The molecule has 2 atom stereocenters. The number of rotatable bonds is 9. The summed E-state index contributed by atoms with van der Waals surface area (Å²) in [6.45, 7) is 20.4. The Morgan fingerprint density at radius 3 is 2.15 bits per heavy atom. The van der Waals surface area contributed by atoms with Gasteiger partial charge in [-0.3, -0.25) is 0 Å². The molecule has 3 rings (SSSR count). The van der Waals surface area contributed by atoms with E-state index in [4.69, 9.17) is 0 Å². The van der Waals surface area contributed by atoms with E-state index in [0.717, 1.165) is 24.7 Å². The Kier molecular flexibility index (Phi) is 9.25. The quantitative estimate of drug-likeness (QED) is 0.328. The molecular formula is C34H50. The van der Waals surface area contributed by atoms with E-state index in [0.29, 0.717) is 11.8 Å². The van der Waals surface area contributed by atoms with Gasteiger partial charge in [0.05, 0.1) is 0 Å². The summed E-state index contributed by atoms with van der Waals surface area (Å²) in [5.41, 5.74) is 8.99. The highest BCUT2D eigenvalue weighted by Crippen LogP contribution is 2.42. The molecule has 2 aromatic rings. The van der Waals surface area contributed by atoms with Crippen LogP contribution in [0.15, 0.2) is 54.6 Å². The molecule has 0 bridgehead atoms. The van der Waals surface area contributed by atoms with E-state index in [9.17, 15) is 0 Å². The van der Waals surface area contributed by atoms with E-state index in [1.807, 2.05) is 0 Å². The van der Waals surface area contributed by atoms with E-state index in [2.05, 4.69) is 97.5 Å². The molecule has 1 aliphatic rings. The summed E-state index contributed by atoms with van der Waals surface area (Å²) in [4.78, 5) is 0. The Morgan fingerprint density at radius 1 is 0.941 bits per heavy atom. The molecule has 1 saturated carbocycles. The maximum atomic E-state index is 4.18. The second kappa shape index (κ2) is 11.7. The van der Waals surface area contributed by atoms with Gasteiger partial charge in [-0.25, -0.2) is 0 Å². The lowest BCUT2D eigenvalue weighted by atomic mass is 9.71. The third-order valence-electron chi connectivity index (χ3n) is 7.95. The molecule has 1 aliphatic carbocycles. The monoisotopic (exact) mass is 458 g/mol. The molecule has 0 amide bonds. The minimum absolute atomic E-state index is 0.199. The lowest BCUT2D eigenvalue weighted by molar-refractivity contribution is 0.276. The normalized spacial score (nSPS) is 17.1. The summed E-state index contributed by atoms with van der Waals surface area (Å²) in [5, 5.41) is 0. The van der Waals surface area contributed by atoms with Gasteiger partial charge in [0.15, 0.2) is 0 Å². The van der Waals surface area contributed by atoms with Crippen molar-refractivity contribution >= 4 is 0 Å². The van der Waals surface area contributed by atoms with Crippen molar-refractivity contribution in [1.29, 1.82) is 0 Å². The Bertz CT molecular complexity index is 916. The first-order chi connectivity index (χ1) is 16.0. The molecule has 34 heavy (non-hydrogen) atoms. The molecular weight excluding hydrogens is 408 g/mol. The molecule has 0 aromatic heterocycles. The van der Waals surface area contributed by atoms with Crippen molar-refractivity contribution in [3.63, 3.8) is 0 Å². The van der Waals surface area contributed by atoms with E-state index in [1.165, 1.54) is 60.8 Å². The van der Waals surface area contributed by atoms with Crippen molar-refractivity contribution in [2.45, 2.75) is 117 Å². The van der Waals surface area contributed by atoms with Crippen LogP contribution in [0.5, 0.6) is 0 Å². The van der Waals surface area contributed by atoms with Crippen molar-refractivity contribution in [3.8, 4) is 0 Å². The molecule has 0 spiro atoms. The predicted molar refractivity (Wildman–Crippen MR) is 151 cm³/mol. The fraction of sp³-hybridized carbons (Fsp3) is 0.588. The lowest BCUT2D eigenvalue weighted by Crippen LogP contribution is -2.20. The molecule has 0 N–H and O–H groups in total. The topological polar surface area (TPSA) is 0 Å². The third kappa shape index (κ3) is 7.34. The molecule has 186 valence electrons. The van der Waals surface area contributed by atoms with Crippen LogP contribution in [0.1, 0.15) is 133 Å². The minimum atomic E-state index is 0.199. The summed E-state index contributed by atoms with van der Waals surface area (Å²) in [5.74, 6) is 2.78. The number of hydrogen-bond donors (Lipinski definition) is 0. The van der Waals surface area contributed by atoms with Crippen molar-refractivity contribution < 1.29 is 0 Å². The maximum Gasteiger partial charge on any atom is -0.00228 e. The van der Waals surface area contributed by atoms with Gasteiger partial charge in [-0.05, 0) is 95.9 Å². The highest BCUT2D eigenvalue weighted by molar-refractivity contribution is 5.41. The summed E-state index contributed by atoms with van der Waals surface area (Å²) < 4.78 is 0. The summed E-state index contributed by atoms with van der Waals surface area (Å²) in [6, 6.07) is 16.9. The molecule has 2 aromatic carbocycles. The molecule has 0 nitrogen and oxygen atoms in total. The first-order valence-electron chi connectivity index (χ1n) is 13.9. The average molecular weight is 459 g/mol. The zero-order valence-corrected chi connectivity index (χ0v) is 23.2. The largest absolute Gasteiger partial charge is 0.100 e. The summed E-state index contributed by atoms with van der Waals surface area (Å²) >= 11 is 0. The smallest absolute Gasteiger partial charge is 0.00228 e. The molecule has 1 unspecified atom stereocenters. The molecule has 0 saturated heterocycles. The van der Waals surface area contributed by atoms with Crippen molar-refractivity contribution in [2.75, 3.05) is 0 Å². The fourth-order valence-electron chi connectivity index (χ4n) is 6.05. The van der Waals surface area contributed by atoms with Gasteiger partial charge in [0.2, 0.25) is 0 Å². The van der Waals surface area contributed by atoms with Crippen molar-refractivity contribution in [1.82, 2.24) is 0 Å². The zero-order chi connectivity index (χ0) is 24.9. The van der Waals surface area contributed by atoms with Crippen LogP contribution in [-0.2, 0) is 11.8 Å². The van der Waals surface area contributed by atoms with Gasteiger partial charge in [-0.15, -0.1) is 6.58 Å². The molecule has 0 aliphatic heterocycles. The van der Waals surface area contributed by atoms with Crippen molar-refractivity contribution in [2.24, 2.45) is 11.8 Å². The molecule has 0 heterocycles. The van der Waals surface area contributed by atoms with Gasteiger partial charge >= 0.3 is 0 Å². The average Bonchev–Trinajstić information content (AvgIpc) is 2.77. The van der Waals surface area contributed by atoms with Crippen LogP contribution in [0.25, 0.3) is 0 Å². The second-order valence-corrected chi connectivity index (χ2v) is 12.8. The minimum Gasteiger partial charge on any atom is -0.100 e. The summed E-state index contributed by atoms with van der Waals surface area (Å²) in [6.07, 6.45) is 10.5. The van der Waals surface area contributed by atoms with Gasteiger partial charge in [0, 0.05) is 0 Å². The first-order valence-corrected chi connectivity index (χ1v) is 13.9. The van der Waals surface area contributed by atoms with E-state index in [1.54, 1.807) is 11.1 Å². The lowest BCUT2D eigenvalue weighted by Gasteiger charge is -2.33. The Morgan fingerprint density at radius 2 is 1.59 bits per heavy atom. The van der Waals surface area contributed by atoms with Crippen LogP contribution in [0.3, 0.4) is 0 Å². The van der Waals surface area contributed by atoms with Crippen LogP contribution in [0.2, 0.25) is 0 Å². The molecule has 0 heteroatoms. The maximum absolute atomic E-state index is 4.18. The van der Waals surface area contributed by atoms with Gasteiger partial charge < -0.3 is 0 Å². The first kappa shape index (κ1) is 26.8.